The molecule has 0 saturated heterocycles. The molecule has 0 aromatic heterocycles. The van der Waals surface area contributed by atoms with Crippen LogP contribution in [0.1, 0.15) is 32.1 Å². The second kappa shape index (κ2) is 2.35. The molecule has 4 bridgehead atoms. The minimum absolute atomic E-state index is 0.275. The highest BCUT2D eigenvalue weighted by Gasteiger charge is 2.54. The van der Waals surface area contributed by atoms with E-state index in [0.717, 1.165) is 31.5 Å². The van der Waals surface area contributed by atoms with Crippen LogP contribution in [0, 0.1) is 23.7 Å². The van der Waals surface area contributed by atoms with E-state index in [9.17, 15) is 9.90 Å². The Kier molecular flexibility index (Phi) is 1.44. The van der Waals surface area contributed by atoms with Crippen LogP contribution in [0.25, 0.3) is 0 Å². The lowest BCUT2D eigenvalue weighted by Crippen LogP contribution is -2.54. The summed E-state index contributed by atoms with van der Waals surface area (Å²) in [6.45, 7) is 0. The number of aliphatic hydroxyl groups is 1. The highest BCUT2D eigenvalue weighted by molar-refractivity contribution is 5.55. The van der Waals surface area contributed by atoms with Crippen molar-refractivity contribution in [2.24, 2.45) is 23.7 Å². The summed E-state index contributed by atoms with van der Waals surface area (Å²) in [6.07, 6.45) is 6.33. The third kappa shape index (κ3) is 1.01. The van der Waals surface area contributed by atoms with E-state index < -0.39 is 0 Å². The Morgan fingerprint density at radius 1 is 1.15 bits per heavy atom. The van der Waals surface area contributed by atoms with Gasteiger partial charge in [-0.2, -0.15) is 0 Å². The normalized spacial score (nSPS) is 58.2. The zero-order valence-electron chi connectivity index (χ0n) is 7.78. The van der Waals surface area contributed by atoms with Crippen LogP contribution in [-0.4, -0.2) is 17.0 Å². The molecule has 0 spiro atoms. The molecule has 0 radical (unpaired) electrons. The number of rotatable bonds is 1. The molecule has 2 nitrogen and oxygen atoms in total. The van der Waals surface area contributed by atoms with Gasteiger partial charge in [-0.05, 0) is 49.9 Å². The van der Waals surface area contributed by atoms with E-state index in [1.165, 1.54) is 12.8 Å². The first kappa shape index (κ1) is 7.98. The Hall–Kier alpha value is -0.370. The minimum Gasteiger partial charge on any atom is -0.390 e. The molecule has 0 aromatic rings. The molecular weight excluding hydrogens is 164 g/mol. The van der Waals surface area contributed by atoms with E-state index in [1.807, 2.05) is 0 Å². The maximum atomic E-state index is 10.9. The molecule has 2 unspecified atom stereocenters. The number of aldehydes is 1. The molecule has 2 heteroatoms. The van der Waals surface area contributed by atoms with E-state index in [0.29, 0.717) is 11.8 Å². The van der Waals surface area contributed by atoms with Crippen LogP contribution in [0.2, 0.25) is 0 Å². The number of hydrogen-bond acceptors (Lipinski definition) is 2. The molecule has 0 amide bonds. The van der Waals surface area contributed by atoms with Crippen molar-refractivity contribution in [1.82, 2.24) is 0 Å². The van der Waals surface area contributed by atoms with Crippen molar-refractivity contribution < 1.29 is 9.90 Å². The largest absolute Gasteiger partial charge is 0.390 e. The summed E-state index contributed by atoms with van der Waals surface area (Å²) >= 11 is 0. The van der Waals surface area contributed by atoms with Crippen LogP contribution in [0.3, 0.4) is 0 Å². The molecule has 4 saturated carbocycles. The fourth-order valence-electron chi connectivity index (χ4n) is 4.24. The summed E-state index contributed by atoms with van der Waals surface area (Å²) in [5, 5.41) is 10.2. The Balaban J connectivity index is 1.94. The van der Waals surface area contributed by atoms with Gasteiger partial charge in [-0.25, -0.2) is 0 Å². The van der Waals surface area contributed by atoms with Gasteiger partial charge in [-0.15, -0.1) is 0 Å². The average Bonchev–Trinajstić information content (AvgIpc) is 2.00. The summed E-state index contributed by atoms with van der Waals surface area (Å²) in [5.74, 6) is 2.01. The Labute approximate surface area is 78.3 Å². The highest BCUT2D eigenvalue weighted by atomic mass is 16.3. The monoisotopic (exact) mass is 180 g/mol. The number of hydrogen-bond donors (Lipinski definition) is 1. The molecule has 0 aliphatic heterocycles. The van der Waals surface area contributed by atoms with Gasteiger partial charge in [0.25, 0.3) is 0 Å². The fraction of sp³-hybridized carbons (Fsp3) is 0.909. The average molecular weight is 180 g/mol. The van der Waals surface area contributed by atoms with Crippen LogP contribution in [0.4, 0.5) is 0 Å². The lowest BCUT2D eigenvalue weighted by molar-refractivity contribution is -0.156. The third-order valence-electron chi connectivity index (χ3n) is 4.47. The molecule has 2 atom stereocenters. The summed E-state index contributed by atoms with van der Waals surface area (Å²) < 4.78 is 0. The van der Waals surface area contributed by atoms with Crippen molar-refractivity contribution in [3.63, 3.8) is 0 Å². The van der Waals surface area contributed by atoms with Gasteiger partial charge in [-0.1, -0.05) is 0 Å². The fourth-order valence-corrected chi connectivity index (χ4v) is 4.24. The first-order chi connectivity index (χ1) is 6.20. The highest BCUT2D eigenvalue weighted by Crippen LogP contribution is 2.57. The van der Waals surface area contributed by atoms with Crippen molar-refractivity contribution in [1.29, 1.82) is 0 Å². The van der Waals surface area contributed by atoms with Gasteiger partial charge in [0.1, 0.15) is 6.29 Å². The predicted octanol–water partition coefficient (Wildman–Crippen LogP) is 1.37. The van der Waals surface area contributed by atoms with Gasteiger partial charge in [0.05, 0.1) is 5.60 Å². The summed E-state index contributed by atoms with van der Waals surface area (Å²) in [6, 6.07) is 0. The van der Waals surface area contributed by atoms with Gasteiger partial charge >= 0.3 is 0 Å². The van der Waals surface area contributed by atoms with Crippen LogP contribution >= 0.6 is 0 Å². The standard InChI is InChI=1S/C11H16O2/c12-6-10-8-1-7-2-9(10)5-11(13,3-7)4-8/h6-10,13H,1-5H2. The lowest BCUT2D eigenvalue weighted by atomic mass is 9.50. The lowest BCUT2D eigenvalue weighted by Gasteiger charge is -2.56. The topological polar surface area (TPSA) is 37.3 Å². The van der Waals surface area contributed by atoms with Gasteiger partial charge in [0.2, 0.25) is 0 Å². The molecule has 72 valence electrons. The molecule has 4 rings (SSSR count). The molecule has 13 heavy (non-hydrogen) atoms. The van der Waals surface area contributed by atoms with Crippen molar-refractivity contribution in [3.8, 4) is 0 Å². The molecule has 0 aromatic carbocycles. The van der Waals surface area contributed by atoms with Crippen LogP contribution in [0.15, 0.2) is 0 Å². The zero-order valence-corrected chi connectivity index (χ0v) is 7.78. The van der Waals surface area contributed by atoms with E-state index >= 15 is 0 Å². The van der Waals surface area contributed by atoms with Crippen molar-refractivity contribution >= 4 is 6.29 Å². The first-order valence-electron chi connectivity index (χ1n) is 5.38. The molecule has 0 heterocycles. The maximum Gasteiger partial charge on any atom is 0.123 e. The molecule has 4 aliphatic rings. The Bertz CT molecular complexity index is 232. The third-order valence-corrected chi connectivity index (χ3v) is 4.47. The number of carbonyl (C=O) groups is 1. The van der Waals surface area contributed by atoms with Crippen molar-refractivity contribution in [2.45, 2.75) is 37.7 Å². The summed E-state index contributed by atoms with van der Waals surface area (Å²) in [7, 11) is 0. The SMILES string of the molecule is O=CC1C2CC3CC1CC(O)(C3)C2. The predicted molar refractivity (Wildman–Crippen MR) is 48.1 cm³/mol. The first-order valence-corrected chi connectivity index (χ1v) is 5.38. The number of carbonyl (C=O) groups excluding carboxylic acids is 1. The summed E-state index contributed by atoms with van der Waals surface area (Å²) in [5.41, 5.74) is -0.379. The zero-order chi connectivity index (χ0) is 9.05. The molecule has 4 aliphatic carbocycles. The van der Waals surface area contributed by atoms with Gasteiger partial charge in [0, 0.05) is 5.92 Å². The molecular formula is C11H16O2. The van der Waals surface area contributed by atoms with Gasteiger partial charge in [0.15, 0.2) is 0 Å². The minimum atomic E-state index is -0.379. The van der Waals surface area contributed by atoms with Gasteiger partial charge in [-0.3, -0.25) is 0 Å². The second-order valence-electron chi connectivity index (χ2n) is 5.41. The van der Waals surface area contributed by atoms with E-state index in [-0.39, 0.29) is 11.5 Å². The second-order valence-corrected chi connectivity index (χ2v) is 5.41. The van der Waals surface area contributed by atoms with Crippen LogP contribution < -0.4 is 0 Å². The quantitative estimate of drug-likeness (QED) is 0.619. The summed E-state index contributed by atoms with van der Waals surface area (Å²) in [4.78, 5) is 10.9. The van der Waals surface area contributed by atoms with E-state index in [1.54, 1.807) is 0 Å². The van der Waals surface area contributed by atoms with E-state index in [2.05, 4.69) is 0 Å². The maximum absolute atomic E-state index is 10.9. The van der Waals surface area contributed by atoms with Crippen molar-refractivity contribution in [3.05, 3.63) is 0 Å². The smallest absolute Gasteiger partial charge is 0.123 e. The van der Waals surface area contributed by atoms with Crippen LogP contribution in [0.5, 0.6) is 0 Å². The van der Waals surface area contributed by atoms with Crippen molar-refractivity contribution in [2.75, 3.05) is 0 Å². The van der Waals surface area contributed by atoms with Crippen LogP contribution in [-0.2, 0) is 4.79 Å². The molecule has 4 fully saturated rings. The Morgan fingerprint density at radius 3 is 2.23 bits per heavy atom. The van der Waals surface area contributed by atoms with E-state index in [4.69, 9.17) is 0 Å². The Morgan fingerprint density at radius 2 is 1.77 bits per heavy atom. The van der Waals surface area contributed by atoms with Gasteiger partial charge < -0.3 is 9.90 Å². The molecule has 1 N–H and O–H groups in total.